The number of likely N-dealkylation sites (tertiary alicyclic amines) is 1. The van der Waals surface area contributed by atoms with Crippen LogP contribution in [-0.4, -0.2) is 47.6 Å². The number of hydrogen-bond donors (Lipinski definition) is 2. The van der Waals surface area contributed by atoms with Gasteiger partial charge in [-0.05, 0) is 58.0 Å². The lowest BCUT2D eigenvalue weighted by Crippen LogP contribution is -2.38. The third-order valence-electron chi connectivity index (χ3n) is 6.88. The molecule has 9 nitrogen and oxygen atoms in total. The van der Waals surface area contributed by atoms with Crippen molar-refractivity contribution in [2.24, 2.45) is 5.92 Å². The summed E-state index contributed by atoms with van der Waals surface area (Å²) in [6.45, 7) is 3.71. The van der Waals surface area contributed by atoms with E-state index >= 15 is 0 Å². The number of aromatic nitrogens is 1. The first-order valence-electron chi connectivity index (χ1n) is 12.4. The molecule has 1 aliphatic heterocycles. The molecule has 2 N–H and O–H groups in total. The Kier molecular flexibility index (Phi) is 6.73. The molecule has 0 spiro atoms. The van der Waals surface area contributed by atoms with E-state index in [1.165, 1.54) is 6.26 Å². The van der Waals surface area contributed by atoms with Crippen LogP contribution >= 0.6 is 0 Å². The number of Topliss-reactive ketones (excluding diaryl/α,β-unsaturated/α-hetero) is 1. The lowest BCUT2D eigenvalue weighted by Gasteiger charge is -2.28. The van der Waals surface area contributed by atoms with E-state index in [4.69, 9.17) is 8.83 Å². The van der Waals surface area contributed by atoms with Crippen LogP contribution in [0.25, 0.3) is 11.5 Å². The summed E-state index contributed by atoms with van der Waals surface area (Å²) in [4.78, 5) is 44.5. The molecule has 3 aromatic rings. The number of amides is 2. The lowest BCUT2D eigenvalue weighted by molar-refractivity contribution is -0.121. The van der Waals surface area contributed by atoms with Crippen molar-refractivity contribution in [3.8, 4) is 11.5 Å². The molecule has 0 radical (unpaired) electrons. The van der Waals surface area contributed by atoms with Gasteiger partial charge in [0.15, 0.2) is 5.78 Å². The summed E-state index contributed by atoms with van der Waals surface area (Å²) in [5.41, 5.74) is 2.66. The van der Waals surface area contributed by atoms with Crippen LogP contribution < -0.4 is 10.6 Å². The van der Waals surface area contributed by atoms with E-state index in [1.807, 2.05) is 31.3 Å². The van der Waals surface area contributed by atoms with Crippen LogP contribution in [0, 0.1) is 12.8 Å². The number of piperidine rings is 1. The van der Waals surface area contributed by atoms with Gasteiger partial charge in [0.2, 0.25) is 11.8 Å². The van der Waals surface area contributed by atoms with E-state index < -0.39 is 0 Å². The molecule has 2 amide bonds. The minimum Gasteiger partial charge on any atom is -0.468 e. The number of oxazole rings is 1. The molecule has 188 valence electrons. The molecule has 1 atom stereocenters. The highest BCUT2D eigenvalue weighted by molar-refractivity contribution is 6.09. The second-order valence-electron chi connectivity index (χ2n) is 9.60. The molecule has 0 unspecified atom stereocenters. The monoisotopic (exact) mass is 490 g/mol. The van der Waals surface area contributed by atoms with Gasteiger partial charge in [-0.15, -0.1) is 0 Å². The van der Waals surface area contributed by atoms with E-state index in [0.29, 0.717) is 47.2 Å². The summed E-state index contributed by atoms with van der Waals surface area (Å²) in [6, 6.07) is 7.39. The number of nitrogens with zero attached hydrogens (tertiary/aromatic N) is 2. The van der Waals surface area contributed by atoms with Crippen LogP contribution in [0.4, 0.5) is 5.69 Å². The molecule has 0 bridgehead atoms. The molecule has 1 fully saturated rings. The Morgan fingerprint density at radius 2 is 2.08 bits per heavy atom. The average molecular weight is 491 g/mol. The van der Waals surface area contributed by atoms with Gasteiger partial charge in [-0.25, -0.2) is 4.98 Å². The van der Waals surface area contributed by atoms with Gasteiger partial charge in [-0.1, -0.05) is 6.07 Å². The zero-order valence-corrected chi connectivity index (χ0v) is 20.6. The van der Waals surface area contributed by atoms with E-state index in [2.05, 4.69) is 20.5 Å². The number of nitrogens with one attached hydrogen (secondary N) is 2. The number of rotatable bonds is 6. The smallest absolute Gasteiger partial charge is 0.255 e. The molecule has 5 rings (SSSR count). The first-order chi connectivity index (χ1) is 17.4. The number of furan rings is 1. The molecular formula is C27H30N4O5. The number of ketones is 1. The summed E-state index contributed by atoms with van der Waals surface area (Å²) in [6.07, 6.45) is 5.09. The van der Waals surface area contributed by atoms with E-state index in [0.717, 1.165) is 37.9 Å². The third-order valence-corrected chi connectivity index (χ3v) is 6.88. The van der Waals surface area contributed by atoms with Gasteiger partial charge in [0.25, 0.3) is 5.91 Å². The first kappa shape index (κ1) is 24.0. The van der Waals surface area contributed by atoms with Crippen molar-refractivity contribution in [1.82, 2.24) is 15.2 Å². The minimum absolute atomic E-state index is 0.0191. The summed E-state index contributed by atoms with van der Waals surface area (Å²) >= 11 is 0. The number of benzene rings is 1. The first-order valence-corrected chi connectivity index (χ1v) is 12.4. The SMILES string of the molecule is Cc1oc(-c2cccc(NC(=O)[C@@H]3CCCN(C)C3)c2)nc1CNC(=O)c1coc2c1C(=O)CCC2. The van der Waals surface area contributed by atoms with Crippen molar-refractivity contribution < 1.29 is 23.2 Å². The van der Waals surface area contributed by atoms with Crippen LogP contribution in [0.15, 0.2) is 39.4 Å². The third kappa shape index (κ3) is 4.97. The average Bonchev–Trinajstić information content (AvgIpc) is 3.47. The van der Waals surface area contributed by atoms with Crippen LogP contribution in [0.2, 0.25) is 0 Å². The summed E-state index contributed by atoms with van der Waals surface area (Å²) in [5.74, 6) is 1.12. The quantitative estimate of drug-likeness (QED) is 0.537. The predicted molar refractivity (Wildman–Crippen MR) is 133 cm³/mol. The zero-order valence-electron chi connectivity index (χ0n) is 20.6. The summed E-state index contributed by atoms with van der Waals surface area (Å²) < 4.78 is 11.3. The molecule has 2 aromatic heterocycles. The highest BCUT2D eigenvalue weighted by atomic mass is 16.4. The summed E-state index contributed by atoms with van der Waals surface area (Å²) in [7, 11) is 2.04. The van der Waals surface area contributed by atoms with Crippen molar-refractivity contribution >= 4 is 23.3 Å². The molecular weight excluding hydrogens is 460 g/mol. The van der Waals surface area contributed by atoms with Crippen molar-refractivity contribution in [1.29, 1.82) is 0 Å². The number of aryl methyl sites for hydroxylation is 2. The molecule has 0 saturated carbocycles. The van der Waals surface area contributed by atoms with Crippen molar-refractivity contribution in [3.05, 3.63) is 58.9 Å². The van der Waals surface area contributed by atoms with Gasteiger partial charge in [0.05, 0.1) is 23.6 Å². The molecule has 9 heteroatoms. The highest BCUT2D eigenvalue weighted by Crippen LogP contribution is 2.27. The molecule has 1 aliphatic carbocycles. The topological polar surface area (TPSA) is 118 Å². The van der Waals surface area contributed by atoms with Gasteiger partial charge < -0.3 is 24.4 Å². The Morgan fingerprint density at radius 1 is 1.22 bits per heavy atom. The Morgan fingerprint density at radius 3 is 2.92 bits per heavy atom. The number of carbonyl (C=O) groups is 3. The molecule has 2 aliphatic rings. The van der Waals surface area contributed by atoms with Crippen molar-refractivity contribution in [2.45, 2.75) is 45.6 Å². The fourth-order valence-corrected chi connectivity index (χ4v) is 4.92. The Bertz CT molecular complexity index is 1310. The molecule has 1 saturated heterocycles. The number of carbonyl (C=O) groups excluding carboxylic acids is 3. The van der Waals surface area contributed by atoms with Crippen LogP contribution in [0.3, 0.4) is 0 Å². The maximum atomic E-state index is 12.8. The fraction of sp³-hybridized carbons (Fsp3) is 0.407. The molecule has 1 aromatic carbocycles. The maximum Gasteiger partial charge on any atom is 0.255 e. The van der Waals surface area contributed by atoms with Crippen LogP contribution in [0.5, 0.6) is 0 Å². The van der Waals surface area contributed by atoms with E-state index in [9.17, 15) is 14.4 Å². The zero-order chi connectivity index (χ0) is 25.2. The second kappa shape index (κ2) is 10.1. The Hall–Kier alpha value is -3.72. The van der Waals surface area contributed by atoms with Crippen molar-refractivity contribution in [3.63, 3.8) is 0 Å². The largest absolute Gasteiger partial charge is 0.468 e. The number of hydrogen-bond acceptors (Lipinski definition) is 7. The predicted octanol–water partition coefficient (Wildman–Crippen LogP) is 3.97. The van der Waals surface area contributed by atoms with Gasteiger partial charge in [-0.2, -0.15) is 0 Å². The van der Waals surface area contributed by atoms with Gasteiger partial charge in [0, 0.05) is 30.6 Å². The fourth-order valence-electron chi connectivity index (χ4n) is 4.92. The maximum absolute atomic E-state index is 12.8. The lowest BCUT2D eigenvalue weighted by atomic mass is 9.94. The normalized spacial score (nSPS) is 18.1. The van der Waals surface area contributed by atoms with E-state index in [-0.39, 0.29) is 35.6 Å². The van der Waals surface area contributed by atoms with Crippen molar-refractivity contribution in [2.75, 3.05) is 25.5 Å². The van der Waals surface area contributed by atoms with Gasteiger partial charge in [-0.3, -0.25) is 14.4 Å². The Labute approximate surface area is 209 Å². The number of anilines is 1. The van der Waals surface area contributed by atoms with Gasteiger partial charge >= 0.3 is 0 Å². The number of fused-ring (bicyclic) bond motifs is 1. The minimum atomic E-state index is -0.378. The summed E-state index contributed by atoms with van der Waals surface area (Å²) in [5, 5.41) is 5.84. The van der Waals surface area contributed by atoms with Crippen LogP contribution in [-0.2, 0) is 17.8 Å². The second-order valence-corrected chi connectivity index (χ2v) is 9.60. The van der Waals surface area contributed by atoms with E-state index in [1.54, 1.807) is 6.92 Å². The highest BCUT2D eigenvalue weighted by Gasteiger charge is 2.28. The molecule has 36 heavy (non-hydrogen) atoms. The van der Waals surface area contributed by atoms with Crippen LogP contribution in [0.1, 0.15) is 63.6 Å². The van der Waals surface area contributed by atoms with Gasteiger partial charge in [0.1, 0.15) is 23.5 Å². The standard InChI is InChI=1S/C27H30N4O5/c1-16-21(13-28-26(34)20-15-35-23-10-4-9-22(32)24(20)23)30-27(36-16)17-6-3-8-19(12-17)29-25(33)18-7-5-11-31(2)14-18/h3,6,8,12,15,18H,4-5,7,9-11,13-14H2,1-2H3,(H,28,34)(H,29,33)/t18-/m1/s1. The molecule has 3 heterocycles. The Balaban J connectivity index is 1.25.